The Kier molecular flexibility index (Phi) is 14.0. The number of hydrogen-bond donors (Lipinski definition) is 0. The van der Waals surface area contributed by atoms with Gasteiger partial charge in [-0.3, -0.25) is 9.59 Å². The van der Waals surface area contributed by atoms with Crippen LogP contribution in [0.1, 0.15) is 106 Å². The zero-order chi connectivity index (χ0) is 27.9. The van der Waals surface area contributed by atoms with Crippen molar-refractivity contribution in [2.75, 3.05) is 18.0 Å². The Hall–Kier alpha value is -2.75. The van der Waals surface area contributed by atoms with Gasteiger partial charge < -0.3 is 9.69 Å². The van der Waals surface area contributed by atoms with Crippen LogP contribution in [0.15, 0.2) is 48.5 Å². The van der Waals surface area contributed by atoms with Crippen LogP contribution >= 0.6 is 0 Å². The molecule has 0 amide bonds. The summed E-state index contributed by atoms with van der Waals surface area (Å²) in [7, 11) is 0. The fraction of sp³-hybridized carbons (Fsp3) is 0.559. The van der Waals surface area contributed by atoms with Crippen molar-refractivity contribution in [3.63, 3.8) is 0 Å². The third-order valence-electron chi connectivity index (χ3n) is 7.71. The van der Waals surface area contributed by atoms with Crippen molar-refractivity contribution in [3.05, 3.63) is 65.2 Å². The molecule has 0 saturated heterocycles. The molecule has 0 bridgehead atoms. The van der Waals surface area contributed by atoms with Crippen molar-refractivity contribution < 1.29 is 14.4 Å². The molecular weight excluding hydrogens is 470 g/mol. The molecule has 1 aliphatic rings. The highest BCUT2D eigenvalue weighted by Gasteiger charge is 2.25. The summed E-state index contributed by atoms with van der Waals surface area (Å²) < 4.78 is 0. The smallest absolute Gasteiger partial charge is 0.160 e. The van der Waals surface area contributed by atoms with Gasteiger partial charge in [-0.25, -0.2) is 0 Å². The summed E-state index contributed by atoms with van der Waals surface area (Å²) in [6, 6.07) is 16.3. The highest BCUT2D eigenvalue weighted by molar-refractivity contribution is 5.95. The monoisotopic (exact) mass is 519 g/mol. The van der Waals surface area contributed by atoms with Gasteiger partial charge in [-0.05, 0) is 96.3 Å². The number of carbonyl (C=O) groups excluding carboxylic acids is 3. The standard InChI is InChI=1S/C25H39NO2.C9H10O/c1-4-18-26(24-16-10-20(2)11-17-24)19-6-9-25(28)23-14-12-22(13-15-23)8-5-7-21(3)27;1-7-5-3-4-6-9(7)8(2)10/h10-11,16-17,22-23H,4-9,12-15,18-19H2,1-3H3;3-6H,1-2H3. The molecule has 2 aromatic carbocycles. The maximum Gasteiger partial charge on any atom is 0.160 e. The third-order valence-corrected chi connectivity index (χ3v) is 7.71. The van der Waals surface area contributed by atoms with Crippen molar-refractivity contribution in [1.82, 2.24) is 0 Å². The van der Waals surface area contributed by atoms with E-state index in [1.165, 1.54) is 24.1 Å². The molecule has 0 radical (unpaired) electrons. The van der Waals surface area contributed by atoms with Crippen LogP contribution in [0.4, 0.5) is 5.69 Å². The van der Waals surface area contributed by atoms with E-state index >= 15 is 0 Å². The summed E-state index contributed by atoms with van der Waals surface area (Å²) in [5.74, 6) is 1.92. The van der Waals surface area contributed by atoms with Gasteiger partial charge in [0.05, 0.1) is 0 Å². The number of carbonyl (C=O) groups is 3. The number of hydrogen-bond acceptors (Lipinski definition) is 4. The van der Waals surface area contributed by atoms with Crippen molar-refractivity contribution in [1.29, 1.82) is 0 Å². The summed E-state index contributed by atoms with van der Waals surface area (Å²) >= 11 is 0. The molecule has 0 N–H and O–H groups in total. The number of anilines is 1. The van der Waals surface area contributed by atoms with Gasteiger partial charge in [0.1, 0.15) is 11.6 Å². The fourth-order valence-electron chi connectivity index (χ4n) is 5.42. The molecule has 1 aliphatic carbocycles. The molecule has 1 fully saturated rings. The molecule has 0 spiro atoms. The second-order valence-corrected chi connectivity index (χ2v) is 11.1. The van der Waals surface area contributed by atoms with E-state index in [-0.39, 0.29) is 11.7 Å². The molecule has 0 atom stereocenters. The summed E-state index contributed by atoms with van der Waals surface area (Å²) in [4.78, 5) is 37.0. The Balaban J connectivity index is 0.000000423. The normalized spacial score (nSPS) is 16.8. The van der Waals surface area contributed by atoms with Crippen molar-refractivity contribution in [2.45, 2.75) is 98.8 Å². The first-order valence-corrected chi connectivity index (χ1v) is 14.6. The molecular formula is C34H49NO3. The predicted octanol–water partition coefficient (Wildman–Crippen LogP) is 8.32. The van der Waals surface area contributed by atoms with Gasteiger partial charge in [0.25, 0.3) is 0 Å². The van der Waals surface area contributed by atoms with Crippen LogP contribution < -0.4 is 4.90 Å². The van der Waals surface area contributed by atoms with Crippen LogP contribution in [0.2, 0.25) is 0 Å². The minimum absolute atomic E-state index is 0.137. The Labute approximate surface area is 231 Å². The quantitative estimate of drug-likeness (QED) is 0.250. The molecule has 0 aliphatic heterocycles. The zero-order valence-corrected chi connectivity index (χ0v) is 24.4. The largest absolute Gasteiger partial charge is 0.372 e. The minimum Gasteiger partial charge on any atom is -0.372 e. The first-order valence-electron chi connectivity index (χ1n) is 14.6. The van der Waals surface area contributed by atoms with E-state index < -0.39 is 0 Å². The molecule has 3 rings (SSSR count). The summed E-state index contributed by atoms with van der Waals surface area (Å²) in [6.45, 7) is 11.5. The molecule has 1 saturated carbocycles. The van der Waals surface area contributed by atoms with Crippen molar-refractivity contribution in [2.24, 2.45) is 11.8 Å². The lowest BCUT2D eigenvalue weighted by atomic mass is 9.77. The Morgan fingerprint density at radius 3 is 2.03 bits per heavy atom. The van der Waals surface area contributed by atoms with Crippen LogP contribution in [-0.2, 0) is 9.59 Å². The number of nitrogens with zero attached hydrogens (tertiary/aromatic N) is 1. The van der Waals surface area contributed by atoms with Crippen LogP contribution in [0, 0.1) is 25.7 Å². The van der Waals surface area contributed by atoms with Gasteiger partial charge in [-0.15, -0.1) is 0 Å². The van der Waals surface area contributed by atoms with Crippen LogP contribution in [-0.4, -0.2) is 30.4 Å². The SMILES string of the molecule is CC(=O)c1ccccc1C.CCCN(CCCC(=O)C1CCC(CCCC(C)=O)CC1)c1ccc(C)cc1. The molecule has 0 unspecified atom stereocenters. The minimum atomic E-state index is 0.137. The number of benzene rings is 2. The number of ketones is 3. The maximum absolute atomic E-state index is 12.7. The highest BCUT2D eigenvalue weighted by atomic mass is 16.1. The third kappa shape index (κ3) is 11.3. The van der Waals surface area contributed by atoms with Crippen molar-refractivity contribution in [3.8, 4) is 0 Å². The van der Waals surface area contributed by atoms with Crippen LogP contribution in [0.3, 0.4) is 0 Å². The second-order valence-electron chi connectivity index (χ2n) is 11.1. The lowest BCUT2D eigenvalue weighted by Gasteiger charge is -2.28. The first-order chi connectivity index (χ1) is 18.2. The molecule has 4 heteroatoms. The van der Waals surface area contributed by atoms with E-state index in [0.717, 1.165) is 68.7 Å². The second kappa shape index (κ2) is 17.0. The molecule has 38 heavy (non-hydrogen) atoms. The highest BCUT2D eigenvalue weighted by Crippen LogP contribution is 2.33. The number of aryl methyl sites for hydroxylation is 2. The molecule has 0 aromatic heterocycles. The summed E-state index contributed by atoms with van der Waals surface area (Å²) in [5, 5.41) is 0. The van der Waals surface area contributed by atoms with E-state index in [1.807, 2.05) is 31.2 Å². The van der Waals surface area contributed by atoms with Gasteiger partial charge in [0.15, 0.2) is 5.78 Å². The van der Waals surface area contributed by atoms with E-state index in [2.05, 4.69) is 43.0 Å². The van der Waals surface area contributed by atoms with E-state index in [9.17, 15) is 14.4 Å². The van der Waals surface area contributed by atoms with Gasteiger partial charge in [-0.1, -0.05) is 55.3 Å². The van der Waals surface area contributed by atoms with Gasteiger partial charge in [0, 0.05) is 43.1 Å². The number of Topliss-reactive ketones (excluding diaryl/α,β-unsaturated/α-hetero) is 3. The first kappa shape index (κ1) is 31.5. The topological polar surface area (TPSA) is 54.5 Å². The lowest BCUT2D eigenvalue weighted by Crippen LogP contribution is -2.27. The Morgan fingerprint density at radius 2 is 1.47 bits per heavy atom. The van der Waals surface area contributed by atoms with Crippen LogP contribution in [0.5, 0.6) is 0 Å². The summed E-state index contributed by atoms with van der Waals surface area (Å²) in [5.41, 5.74) is 4.43. The van der Waals surface area contributed by atoms with E-state index in [0.29, 0.717) is 24.4 Å². The summed E-state index contributed by atoms with van der Waals surface area (Å²) in [6.07, 6.45) is 10.1. The maximum atomic E-state index is 12.7. The van der Waals surface area contributed by atoms with Gasteiger partial charge in [0.2, 0.25) is 0 Å². The molecule has 4 nitrogen and oxygen atoms in total. The Morgan fingerprint density at radius 1 is 0.816 bits per heavy atom. The Bertz CT molecular complexity index is 1000. The molecule has 0 heterocycles. The fourth-order valence-corrected chi connectivity index (χ4v) is 5.42. The average Bonchev–Trinajstić information content (AvgIpc) is 2.89. The van der Waals surface area contributed by atoms with Crippen LogP contribution in [0.25, 0.3) is 0 Å². The zero-order valence-electron chi connectivity index (χ0n) is 24.4. The lowest BCUT2D eigenvalue weighted by molar-refractivity contribution is -0.124. The van der Waals surface area contributed by atoms with E-state index in [4.69, 9.17) is 0 Å². The molecule has 2 aromatic rings. The van der Waals surface area contributed by atoms with Gasteiger partial charge >= 0.3 is 0 Å². The van der Waals surface area contributed by atoms with Gasteiger partial charge in [-0.2, -0.15) is 0 Å². The van der Waals surface area contributed by atoms with Crippen molar-refractivity contribution >= 4 is 23.0 Å². The molecule has 208 valence electrons. The predicted molar refractivity (Wildman–Crippen MR) is 159 cm³/mol. The average molecular weight is 520 g/mol. The number of rotatable bonds is 13. The van der Waals surface area contributed by atoms with E-state index in [1.54, 1.807) is 13.8 Å².